The molecule has 28 heavy (non-hydrogen) atoms. The molecule has 1 fully saturated rings. The summed E-state index contributed by atoms with van der Waals surface area (Å²) < 4.78 is 7.58. The fourth-order valence-corrected chi connectivity index (χ4v) is 3.55. The van der Waals surface area contributed by atoms with Crippen LogP contribution in [0.5, 0.6) is 0 Å². The monoisotopic (exact) mass is 376 g/mol. The van der Waals surface area contributed by atoms with Crippen LogP contribution in [0.2, 0.25) is 0 Å². The summed E-state index contributed by atoms with van der Waals surface area (Å²) in [6, 6.07) is 15.6. The van der Waals surface area contributed by atoms with Crippen molar-refractivity contribution in [3.05, 3.63) is 71.7 Å². The highest BCUT2D eigenvalue weighted by Gasteiger charge is 2.17. The summed E-state index contributed by atoms with van der Waals surface area (Å²) >= 11 is 0. The van der Waals surface area contributed by atoms with Crippen LogP contribution in [0.15, 0.2) is 54.7 Å². The van der Waals surface area contributed by atoms with Crippen molar-refractivity contribution in [2.45, 2.75) is 13.8 Å². The van der Waals surface area contributed by atoms with Crippen molar-refractivity contribution in [1.29, 1.82) is 0 Å². The fourth-order valence-electron chi connectivity index (χ4n) is 3.55. The third-order valence-corrected chi connectivity index (χ3v) is 5.00. The molecule has 3 aromatic rings. The molecule has 0 radical (unpaired) electrons. The highest BCUT2D eigenvalue weighted by Crippen LogP contribution is 2.24. The minimum atomic E-state index is -0.144. The number of pyridine rings is 1. The van der Waals surface area contributed by atoms with Crippen LogP contribution in [0.25, 0.3) is 5.69 Å². The van der Waals surface area contributed by atoms with Gasteiger partial charge in [-0.25, -0.2) is 4.98 Å². The van der Waals surface area contributed by atoms with Crippen LogP contribution < -0.4 is 10.2 Å². The molecule has 6 heteroatoms. The summed E-state index contributed by atoms with van der Waals surface area (Å²) in [5.74, 6) is 0.643. The number of carbonyl (C=O) groups excluding carboxylic acids is 1. The van der Waals surface area contributed by atoms with E-state index in [4.69, 9.17) is 4.74 Å². The van der Waals surface area contributed by atoms with E-state index in [0.717, 1.165) is 30.3 Å². The first-order valence-electron chi connectivity index (χ1n) is 9.48. The second-order valence-electron chi connectivity index (χ2n) is 6.93. The molecule has 144 valence electrons. The summed E-state index contributed by atoms with van der Waals surface area (Å²) in [5.41, 5.74) is 4.71. The number of ether oxygens (including phenoxy) is 1. The molecular formula is C22H24N4O2. The number of morpholine rings is 1. The van der Waals surface area contributed by atoms with Gasteiger partial charge in [0, 0.05) is 41.9 Å². The van der Waals surface area contributed by atoms with Gasteiger partial charge in [-0.15, -0.1) is 0 Å². The predicted molar refractivity (Wildman–Crippen MR) is 110 cm³/mol. The van der Waals surface area contributed by atoms with E-state index in [1.165, 1.54) is 11.4 Å². The van der Waals surface area contributed by atoms with Crippen LogP contribution in [0.4, 0.5) is 11.5 Å². The number of aryl methyl sites for hydroxylation is 2. The summed E-state index contributed by atoms with van der Waals surface area (Å²) in [6.45, 7) is 7.02. The van der Waals surface area contributed by atoms with Crippen LogP contribution in [-0.2, 0) is 4.74 Å². The van der Waals surface area contributed by atoms with E-state index in [-0.39, 0.29) is 5.91 Å². The molecule has 1 amide bonds. The lowest BCUT2D eigenvalue weighted by Gasteiger charge is -2.29. The van der Waals surface area contributed by atoms with Gasteiger partial charge in [-0.3, -0.25) is 4.79 Å². The summed E-state index contributed by atoms with van der Waals surface area (Å²) in [7, 11) is 0. The Hall–Kier alpha value is -3.12. The zero-order valence-corrected chi connectivity index (χ0v) is 16.2. The molecule has 0 unspecified atom stereocenters. The number of carbonyl (C=O) groups is 1. The van der Waals surface area contributed by atoms with Crippen LogP contribution in [0.1, 0.15) is 21.7 Å². The van der Waals surface area contributed by atoms with Crippen molar-refractivity contribution in [1.82, 2.24) is 9.55 Å². The maximum absolute atomic E-state index is 12.8. The summed E-state index contributed by atoms with van der Waals surface area (Å²) in [4.78, 5) is 19.4. The molecule has 1 aromatic carbocycles. The van der Waals surface area contributed by atoms with E-state index in [9.17, 15) is 4.79 Å². The Morgan fingerprint density at radius 2 is 1.68 bits per heavy atom. The van der Waals surface area contributed by atoms with Gasteiger partial charge in [0.05, 0.1) is 18.9 Å². The standard InChI is InChI=1S/C22H24N4O2/c1-16-5-6-17(2)26(16)19-9-7-18(8-10-19)22(27)24-20-4-3-11-23-21(20)25-12-14-28-15-13-25/h3-11H,12-15H2,1-2H3,(H,24,27). The molecule has 2 aromatic heterocycles. The first-order chi connectivity index (χ1) is 13.6. The fraction of sp³-hybridized carbons (Fsp3) is 0.273. The molecule has 0 atom stereocenters. The van der Waals surface area contributed by atoms with Crippen molar-refractivity contribution in [2.24, 2.45) is 0 Å². The van der Waals surface area contributed by atoms with Crippen LogP contribution in [0.3, 0.4) is 0 Å². The summed E-state index contributed by atoms with van der Waals surface area (Å²) in [6.07, 6.45) is 1.75. The molecule has 1 aliphatic rings. The Labute approximate surface area is 164 Å². The van der Waals surface area contributed by atoms with Crippen LogP contribution in [0, 0.1) is 13.8 Å². The van der Waals surface area contributed by atoms with Crippen LogP contribution in [-0.4, -0.2) is 41.8 Å². The number of hydrogen-bond donors (Lipinski definition) is 1. The third kappa shape index (κ3) is 3.64. The van der Waals surface area contributed by atoms with Gasteiger partial charge < -0.3 is 19.5 Å². The molecule has 1 N–H and O–H groups in total. The van der Waals surface area contributed by atoms with Crippen molar-refractivity contribution < 1.29 is 9.53 Å². The molecule has 0 spiro atoms. The molecule has 0 bridgehead atoms. The smallest absolute Gasteiger partial charge is 0.255 e. The predicted octanol–water partition coefficient (Wildman–Crippen LogP) is 3.58. The minimum absolute atomic E-state index is 0.144. The average Bonchev–Trinajstić information content (AvgIpc) is 3.07. The minimum Gasteiger partial charge on any atom is -0.378 e. The lowest BCUT2D eigenvalue weighted by molar-refractivity contribution is 0.102. The SMILES string of the molecule is Cc1ccc(C)n1-c1ccc(C(=O)Nc2cccnc2N2CCOCC2)cc1. The quantitative estimate of drug-likeness (QED) is 0.756. The van der Waals surface area contributed by atoms with E-state index < -0.39 is 0 Å². The number of rotatable bonds is 4. The van der Waals surface area contributed by atoms with E-state index >= 15 is 0 Å². The Balaban J connectivity index is 1.53. The number of anilines is 2. The molecular weight excluding hydrogens is 352 g/mol. The van der Waals surface area contributed by atoms with Gasteiger partial charge in [-0.05, 0) is 62.4 Å². The number of amides is 1. The van der Waals surface area contributed by atoms with Gasteiger partial charge in [0.1, 0.15) is 0 Å². The van der Waals surface area contributed by atoms with Gasteiger partial charge in [0.2, 0.25) is 0 Å². The van der Waals surface area contributed by atoms with Gasteiger partial charge in [-0.2, -0.15) is 0 Å². The highest BCUT2D eigenvalue weighted by molar-refractivity contribution is 6.05. The number of nitrogens with zero attached hydrogens (tertiary/aromatic N) is 3. The normalized spacial score (nSPS) is 14.1. The van der Waals surface area contributed by atoms with Crippen LogP contribution >= 0.6 is 0 Å². The number of benzene rings is 1. The molecule has 4 rings (SSSR count). The van der Waals surface area contributed by atoms with Gasteiger partial charge in [0.15, 0.2) is 5.82 Å². The first-order valence-corrected chi connectivity index (χ1v) is 9.48. The van der Waals surface area contributed by atoms with Gasteiger partial charge in [0.25, 0.3) is 5.91 Å². The van der Waals surface area contributed by atoms with Gasteiger partial charge in [-0.1, -0.05) is 0 Å². The Kier molecular flexibility index (Phi) is 5.12. The Morgan fingerprint density at radius 1 is 1.00 bits per heavy atom. The molecule has 0 saturated carbocycles. The van der Waals surface area contributed by atoms with E-state index in [1.54, 1.807) is 6.20 Å². The second-order valence-corrected chi connectivity index (χ2v) is 6.93. The largest absolute Gasteiger partial charge is 0.378 e. The molecule has 6 nitrogen and oxygen atoms in total. The molecule has 1 aliphatic heterocycles. The molecule has 0 aliphatic carbocycles. The zero-order chi connectivity index (χ0) is 19.5. The maximum Gasteiger partial charge on any atom is 0.255 e. The maximum atomic E-state index is 12.8. The number of nitrogens with one attached hydrogen (secondary N) is 1. The highest BCUT2D eigenvalue weighted by atomic mass is 16.5. The second kappa shape index (κ2) is 7.86. The van der Waals surface area contributed by atoms with Crippen molar-refractivity contribution in [3.8, 4) is 5.69 Å². The number of hydrogen-bond acceptors (Lipinski definition) is 4. The van der Waals surface area contributed by atoms with E-state index in [1.807, 2.05) is 36.4 Å². The van der Waals surface area contributed by atoms with Crippen molar-refractivity contribution >= 4 is 17.4 Å². The zero-order valence-electron chi connectivity index (χ0n) is 16.2. The van der Waals surface area contributed by atoms with E-state index in [2.05, 4.69) is 45.7 Å². The van der Waals surface area contributed by atoms with E-state index in [0.29, 0.717) is 18.8 Å². The Morgan fingerprint density at radius 3 is 2.36 bits per heavy atom. The average molecular weight is 376 g/mol. The lowest BCUT2D eigenvalue weighted by atomic mass is 10.2. The lowest BCUT2D eigenvalue weighted by Crippen LogP contribution is -2.37. The summed E-state index contributed by atoms with van der Waals surface area (Å²) in [5, 5.41) is 3.01. The van der Waals surface area contributed by atoms with Gasteiger partial charge >= 0.3 is 0 Å². The van der Waals surface area contributed by atoms with Crippen molar-refractivity contribution in [2.75, 3.05) is 36.5 Å². The molecule has 3 heterocycles. The Bertz CT molecular complexity index is 953. The third-order valence-electron chi connectivity index (χ3n) is 5.00. The molecule has 1 saturated heterocycles. The van der Waals surface area contributed by atoms with Crippen molar-refractivity contribution in [3.63, 3.8) is 0 Å². The number of aromatic nitrogens is 2. The first kappa shape index (κ1) is 18.3. The topological polar surface area (TPSA) is 59.4 Å².